The normalized spacial score (nSPS) is 10.6. The van der Waals surface area contributed by atoms with E-state index in [1.807, 2.05) is 31.2 Å². The number of ether oxygens (including phenoxy) is 1. The molecule has 5 nitrogen and oxygen atoms in total. The van der Waals surface area contributed by atoms with E-state index in [0.29, 0.717) is 12.2 Å². The molecule has 0 unspecified atom stereocenters. The van der Waals surface area contributed by atoms with E-state index < -0.39 is 17.2 Å². The molecule has 0 saturated carbocycles. The van der Waals surface area contributed by atoms with Crippen molar-refractivity contribution >= 4 is 27.7 Å². The fourth-order valence-electron chi connectivity index (χ4n) is 2.93. The Kier molecular flexibility index (Phi) is 5.70. The average molecular weight is 334 g/mol. The maximum atomic E-state index is 12.5. The molecule has 3 rings (SSSR count). The van der Waals surface area contributed by atoms with Crippen LogP contribution in [0.15, 0.2) is 39.5 Å². The van der Waals surface area contributed by atoms with Crippen LogP contribution >= 0.6 is 0 Å². The van der Waals surface area contributed by atoms with Gasteiger partial charge in [0.05, 0.1) is 7.11 Å². The molecule has 0 fully saturated rings. The zero-order valence-electron chi connectivity index (χ0n) is 13.8. The molecular formula is C18H15NaO5. The topological polar surface area (TPSA) is 79.6 Å². The molecule has 1 heterocycles. The summed E-state index contributed by atoms with van der Waals surface area (Å²) in [6.45, 7) is 2.01. The van der Waals surface area contributed by atoms with Crippen molar-refractivity contribution in [3.8, 4) is 5.75 Å². The maximum absolute atomic E-state index is 12.5. The van der Waals surface area contributed by atoms with E-state index in [4.69, 9.17) is 9.15 Å². The van der Waals surface area contributed by atoms with Crippen LogP contribution < -0.4 is 44.8 Å². The van der Waals surface area contributed by atoms with Gasteiger partial charge >= 0.3 is 29.6 Å². The van der Waals surface area contributed by atoms with Crippen LogP contribution in [-0.4, -0.2) is 13.1 Å². The van der Waals surface area contributed by atoms with E-state index in [-0.39, 0.29) is 40.5 Å². The van der Waals surface area contributed by atoms with Gasteiger partial charge in [-0.25, -0.2) is 0 Å². The van der Waals surface area contributed by atoms with Crippen molar-refractivity contribution in [1.82, 2.24) is 0 Å². The van der Waals surface area contributed by atoms with E-state index >= 15 is 0 Å². The van der Waals surface area contributed by atoms with Gasteiger partial charge in [0.25, 0.3) is 0 Å². The number of carboxylic acids is 1. The van der Waals surface area contributed by atoms with Gasteiger partial charge in [0.2, 0.25) is 0 Å². The van der Waals surface area contributed by atoms with Gasteiger partial charge in [0, 0.05) is 17.0 Å². The van der Waals surface area contributed by atoms with Crippen molar-refractivity contribution < 1.29 is 48.6 Å². The molecule has 0 N–H and O–H groups in total. The summed E-state index contributed by atoms with van der Waals surface area (Å²) in [6.07, 6.45) is 1.48. The van der Waals surface area contributed by atoms with Crippen LogP contribution in [0.25, 0.3) is 21.7 Å². The molecule has 0 amide bonds. The minimum Gasteiger partial charge on any atom is -0.542 e. The van der Waals surface area contributed by atoms with E-state index in [1.165, 1.54) is 7.11 Å². The number of carbonyl (C=O) groups excluding carboxylic acids is 1. The molecule has 0 radical (unpaired) electrons. The SMILES string of the molecule is CCCc1c2ccccc2c(OC)c2c(=O)cc(C(=O)[O-])oc12.[Na+]. The predicted octanol–water partition coefficient (Wildman–Crippen LogP) is -0.725. The Bertz CT molecular complexity index is 974. The second kappa shape index (κ2) is 7.38. The van der Waals surface area contributed by atoms with Gasteiger partial charge in [-0.1, -0.05) is 37.6 Å². The van der Waals surface area contributed by atoms with E-state index in [1.54, 1.807) is 0 Å². The third-order valence-electron chi connectivity index (χ3n) is 3.85. The summed E-state index contributed by atoms with van der Waals surface area (Å²) in [5.74, 6) is -1.59. The first-order chi connectivity index (χ1) is 11.1. The van der Waals surface area contributed by atoms with E-state index in [9.17, 15) is 14.7 Å². The molecule has 24 heavy (non-hydrogen) atoms. The first kappa shape index (κ1) is 18.5. The molecule has 2 aromatic carbocycles. The first-order valence-electron chi connectivity index (χ1n) is 7.35. The van der Waals surface area contributed by atoms with Gasteiger partial charge < -0.3 is 19.1 Å². The van der Waals surface area contributed by atoms with Crippen molar-refractivity contribution in [2.45, 2.75) is 19.8 Å². The van der Waals surface area contributed by atoms with Crippen molar-refractivity contribution in [3.05, 3.63) is 51.9 Å². The molecule has 6 heteroatoms. The molecule has 0 aliphatic rings. The standard InChI is InChI=1S/C18H16O5.Na/c1-3-6-11-10-7-4-5-8-12(10)16(22-2)15-13(19)9-14(18(20)21)23-17(11)15;/h4-5,7-9H,3,6H2,1-2H3,(H,20,21);/q;+1/p-1. The second-order valence-electron chi connectivity index (χ2n) is 5.27. The Labute approximate surface area is 160 Å². The number of carbonyl (C=O) groups is 1. The molecule has 0 bridgehead atoms. The molecule has 118 valence electrons. The van der Waals surface area contributed by atoms with Crippen molar-refractivity contribution in [3.63, 3.8) is 0 Å². The van der Waals surface area contributed by atoms with Crippen LogP contribution in [0.2, 0.25) is 0 Å². The average Bonchev–Trinajstić information content (AvgIpc) is 2.55. The summed E-state index contributed by atoms with van der Waals surface area (Å²) in [5, 5.41) is 13.1. The largest absolute Gasteiger partial charge is 1.00 e. The predicted molar refractivity (Wildman–Crippen MR) is 84.9 cm³/mol. The number of hydrogen-bond donors (Lipinski definition) is 0. The number of fused-ring (bicyclic) bond motifs is 2. The van der Waals surface area contributed by atoms with Crippen molar-refractivity contribution in [1.29, 1.82) is 0 Å². The van der Waals surface area contributed by atoms with Gasteiger partial charge in [0.1, 0.15) is 22.7 Å². The van der Waals surface area contributed by atoms with Crippen LogP contribution in [0.4, 0.5) is 0 Å². The number of aromatic carboxylic acids is 1. The summed E-state index contributed by atoms with van der Waals surface area (Å²) < 4.78 is 10.9. The minimum atomic E-state index is -1.52. The molecule has 1 aromatic heterocycles. The molecule has 0 spiro atoms. The first-order valence-corrected chi connectivity index (χ1v) is 7.35. The van der Waals surface area contributed by atoms with E-state index in [2.05, 4.69) is 0 Å². The smallest absolute Gasteiger partial charge is 0.542 e. The minimum absolute atomic E-state index is 0. The van der Waals surface area contributed by atoms with E-state index in [0.717, 1.165) is 28.8 Å². The summed E-state index contributed by atoms with van der Waals surface area (Å²) in [6, 6.07) is 8.47. The van der Waals surface area contributed by atoms with Gasteiger partial charge in [-0.3, -0.25) is 4.79 Å². The van der Waals surface area contributed by atoms with Gasteiger partial charge in [-0.2, -0.15) is 0 Å². The number of methoxy groups -OCH3 is 1. The van der Waals surface area contributed by atoms with Crippen molar-refractivity contribution in [2.75, 3.05) is 7.11 Å². The quantitative estimate of drug-likeness (QED) is 0.464. The van der Waals surface area contributed by atoms with Crippen LogP contribution in [0.1, 0.15) is 29.5 Å². The van der Waals surface area contributed by atoms with Crippen LogP contribution in [0, 0.1) is 0 Å². The van der Waals surface area contributed by atoms with Crippen molar-refractivity contribution in [2.24, 2.45) is 0 Å². The third kappa shape index (κ3) is 2.95. The Morgan fingerprint density at radius 2 is 1.92 bits per heavy atom. The van der Waals surface area contributed by atoms with Crippen LogP contribution in [-0.2, 0) is 6.42 Å². The van der Waals surface area contributed by atoms with Crippen LogP contribution in [0.3, 0.4) is 0 Å². The van der Waals surface area contributed by atoms with Gasteiger partial charge in [-0.15, -0.1) is 0 Å². The fourth-order valence-corrected chi connectivity index (χ4v) is 2.93. The zero-order valence-corrected chi connectivity index (χ0v) is 15.8. The Morgan fingerprint density at radius 3 is 2.50 bits per heavy atom. The molecular weight excluding hydrogens is 319 g/mol. The molecule has 0 atom stereocenters. The Balaban J connectivity index is 0.00000208. The molecule has 0 aliphatic heterocycles. The molecule has 0 saturated heterocycles. The Morgan fingerprint density at radius 1 is 1.25 bits per heavy atom. The Hall–Kier alpha value is -1.82. The summed E-state index contributed by atoms with van der Waals surface area (Å²) >= 11 is 0. The fraction of sp³-hybridized carbons (Fsp3) is 0.222. The van der Waals surface area contributed by atoms with Gasteiger partial charge in [-0.05, 0) is 11.8 Å². The molecule has 0 aliphatic carbocycles. The molecule has 3 aromatic rings. The monoisotopic (exact) mass is 334 g/mol. The summed E-state index contributed by atoms with van der Waals surface area (Å²) in [5.41, 5.74) is 0.610. The third-order valence-corrected chi connectivity index (χ3v) is 3.85. The van der Waals surface area contributed by atoms with Gasteiger partial charge in [0.15, 0.2) is 11.2 Å². The number of aryl methyl sites for hydroxylation is 1. The second-order valence-corrected chi connectivity index (χ2v) is 5.27. The zero-order chi connectivity index (χ0) is 16.6. The summed E-state index contributed by atoms with van der Waals surface area (Å²) in [4.78, 5) is 23.6. The van der Waals surface area contributed by atoms with Crippen LogP contribution in [0.5, 0.6) is 5.75 Å². The summed E-state index contributed by atoms with van der Waals surface area (Å²) in [7, 11) is 1.48. The number of rotatable bonds is 4. The number of benzene rings is 2. The maximum Gasteiger partial charge on any atom is 1.00 e. The number of carboxylic acid groups (broad SMARTS) is 1. The number of hydrogen-bond acceptors (Lipinski definition) is 5.